The molecule has 3 fully saturated rings. The Labute approximate surface area is 198 Å². The number of esters is 3. The standard InChI is InChI=1S/C20H16I2O8/c1-6(2)18(25)28-14-10(3-7(21)4-11(14)22)19(26)29-15-8-5-9-13(12(8)17(23)24)20(27)30-16(9)15/h3-4,8-9,12-13,15-16H,1,5H2,2H3,(H,23,24). The van der Waals surface area contributed by atoms with Crippen molar-refractivity contribution in [2.45, 2.75) is 25.6 Å². The fraction of sp³-hybridized carbons (Fsp3) is 0.400. The van der Waals surface area contributed by atoms with Crippen molar-refractivity contribution in [1.29, 1.82) is 0 Å². The Balaban J connectivity index is 1.64. The molecule has 1 aromatic carbocycles. The summed E-state index contributed by atoms with van der Waals surface area (Å²) in [6, 6.07) is 3.26. The highest BCUT2D eigenvalue weighted by Gasteiger charge is 2.70. The molecule has 2 saturated carbocycles. The Morgan fingerprint density at radius 2 is 1.93 bits per heavy atom. The van der Waals surface area contributed by atoms with Crippen LogP contribution in [0, 0.1) is 30.8 Å². The van der Waals surface area contributed by atoms with Crippen molar-refractivity contribution in [3.63, 3.8) is 0 Å². The van der Waals surface area contributed by atoms with Gasteiger partial charge in [0.2, 0.25) is 0 Å². The van der Waals surface area contributed by atoms with E-state index in [-0.39, 0.29) is 22.8 Å². The molecule has 4 rings (SSSR count). The number of fused-ring (bicyclic) bond motifs is 1. The van der Waals surface area contributed by atoms with Crippen molar-refractivity contribution in [3.8, 4) is 5.75 Å². The molecule has 30 heavy (non-hydrogen) atoms. The minimum Gasteiger partial charge on any atom is -0.481 e. The van der Waals surface area contributed by atoms with Crippen LogP contribution in [0.15, 0.2) is 24.3 Å². The number of hydrogen-bond donors (Lipinski definition) is 1. The van der Waals surface area contributed by atoms with Crippen molar-refractivity contribution in [2.24, 2.45) is 23.7 Å². The number of carbonyl (C=O) groups is 4. The summed E-state index contributed by atoms with van der Waals surface area (Å²) in [7, 11) is 0. The predicted molar refractivity (Wildman–Crippen MR) is 118 cm³/mol. The van der Waals surface area contributed by atoms with Crippen LogP contribution in [0.5, 0.6) is 5.75 Å². The second-order valence-electron chi connectivity index (χ2n) is 7.66. The van der Waals surface area contributed by atoms with E-state index in [0.29, 0.717) is 9.99 Å². The summed E-state index contributed by atoms with van der Waals surface area (Å²) in [5, 5.41) is 9.59. The van der Waals surface area contributed by atoms with Crippen molar-refractivity contribution in [2.75, 3.05) is 0 Å². The first kappa shape index (κ1) is 21.5. The van der Waals surface area contributed by atoms with Crippen LogP contribution in [-0.2, 0) is 23.9 Å². The molecule has 1 aliphatic heterocycles. The van der Waals surface area contributed by atoms with Gasteiger partial charge >= 0.3 is 23.9 Å². The summed E-state index contributed by atoms with van der Waals surface area (Å²) < 4.78 is 17.7. The van der Waals surface area contributed by atoms with E-state index in [2.05, 4.69) is 6.58 Å². The topological polar surface area (TPSA) is 116 Å². The van der Waals surface area contributed by atoms with Gasteiger partial charge < -0.3 is 19.3 Å². The van der Waals surface area contributed by atoms with Crippen molar-refractivity contribution < 1.29 is 38.5 Å². The molecule has 10 heteroatoms. The van der Waals surface area contributed by atoms with E-state index in [0.717, 1.165) is 3.57 Å². The summed E-state index contributed by atoms with van der Waals surface area (Å²) in [5.74, 6) is -5.41. The van der Waals surface area contributed by atoms with Gasteiger partial charge in [-0.3, -0.25) is 9.59 Å². The highest BCUT2D eigenvalue weighted by atomic mass is 127. The first-order valence-corrected chi connectivity index (χ1v) is 11.3. The van der Waals surface area contributed by atoms with E-state index in [4.69, 9.17) is 14.2 Å². The zero-order valence-corrected chi connectivity index (χ0v) is 19.9. The SMILES string of the molecule is C=C(C)C(=O)Oc1c(I)cc(I)cc1C(=O)OC1C2CC3C1OC(=O)C3C2C(=O)O. The minimum atomic E-state index is -1.09. The zero-order valence-electron chi connectivity index (χ0n) is 15.6. The lowest BCUT2D eigenvalue weighted by atomic mass is 9.78. The first-order chi connectivity index (χ1) is 14.1. The fourth-order valence-corrected chi connectivity index (χ4v) is 6.62. The van der Waals surface area contributed by atoms with Crippen LogP contribution in [0.4, 0.5) is 0 Å². The van der Waals surface area contributed by atoms with Gasteiger partial charge in [0.15, 0.2) is 5.75 Å². The number of carboxylic acids is 1. The van der Waals surface area contributed by atoms with E-state index in [9.17, 15) is 24.3 Å². The fourth-order valence-electron chi connectivity index (χ4n) is 4.67. The Bertz CT molecular complexity index is 1000. The van der Waals surface area contributed by atoms with Crippen LogP contribution < -0.4 is 4.74 Å². The second kappa shape index (κ2) is 7.77. The molecule has 8 nitrogen and oxygen atoms in total. The number of aliphatic carboxylic acids is 1. The van der Waals surface area contributed by atoms with Crippen LogP contribution in [0.1, 0.15) is 23.7 Å². The summed E-state index contributed by atoms with van der Waals surface area (Å²) in [5.41, 5.74) is 0.210. The summed E-state index contributed by atoms with van der Waals surface area (Å²) in [6.07, 6.45) is -1.04. The Kier molecular flexibility index (Phi) is 5.58. The van der Waals surface area contributed by atoms with Crippen LogP contribution >= 0.6 is 45.2 Å². The average Bonchev–Trinajstić information content (AvgIpc) is 3.26. The highest BCUT2D eigenvalue weighted by molar-refractivity contribution is 14.1. The molecule has 6 atom stereocenters. The second-order valence-corrected chi connectivity index (χ2v) is 10.1. The molecule has 6 unspecified atom stereocenters. The van der Waals surface area contributed by atoms with E-state index >= 15 is 0 Å². The minimum absolute atomic E-state index is 0.0384. The van der Waals surface area contributed by atoms with E-state index < -0.39 is 53.8 Å². The summed E-state index contributed by atoms with van der Waals surface area (Å²) in [6.45, 7) is 5.03. The van der Waals surface area contributed by atoms with Gasteiger partial charge in [-0.1, -0.05) is 6.58 Å². The monoisotopic (exact) mass is 638 g/mol. The summed E-state index contributed by atoms with van der Waals surface area (Å²) in [4.78, 5) is 49.0. The number of ether oxygens (including phenoxy) is 3. The number of carboxylic acid groups (broad SMARTS) is 1. The van der Waals surface area contributed by atoms with E-state index in [1.54, 1.807) is 6.07 Å². The van der Waals surface area contributed by atoms with Crippen LogP contribution in [0.3, 0.4) is 0 Å². The largest absolute Gasteiger partial charge is 0.481 e. The number of carbonyl (C=O) groups excluding carboxylic acids is 3. The van der Waals surface area contributed by atoms with Gasteiger partial charge in [0.1, 0.15) is 17.8 Å². The molecule has 1 N–H and O–H groups in total. The maximum absolute atomic E-state index is 13.1. The average molecular weight is 638 g/mol. The maximum Gasteiger partial charge on any atom is 0.342 e. The zero-order chi connectivity index (χ0) is 21.9. The number of hydrogen-bond acceptors (Lipinski definition) is 7. The quantitative estimate of drug-likeness (QED) is 0.227. The molecule has 2 bridgehead atoms. The maximum atomic E-state index is 13.1. The molecular formula is C20H16I2O8. The number of rotatable bonds is 5. The molecular weight excluding hydrogens is 622 g/mol. The Morgan fingerprint density at radius 3 is 2.57 bits per heavy atom. The first-order valence-electron chi connectivity index (χ1n) is 9.11. The van der Waals surface area contributed by atoms with Gasteiger partial charge in [-0.15, -0.1) is 0 Å². The molecule has 3 aliphatic rings. The third-order valence-corrected chi connectivity index (χ3v) is 7.27. The van der Waals surface area contributed by atoms with Gasteiger partial charge in [-0.25, -0.2) is 9.59 Å². The number of halogens is 2. The molecule has 1 saturated heterocycles. The normalized spacial score (nSPS) is 30.7. The molecule has 1 aromatic rings. The Hall–Kier alpha value is -1.70. The van der Waals surface area contributed by atoms with E-state index in [1.807, 2.05) is 45.2 Å². The van der Waals surface area contributed by atoms with Gasteiger partial charge in [-0.05, 0) is 70.7 Å². The highest BCUT2D eigenvalue weighted by Crippen LogP contribution is 2.58. The van der Waals surface area contributed by atoms with Crippen LogP contribution in [0.2, 0.25) is 0 Å². The molecule has 0 amide bonds. The molecule has 1 heterocycles. The molecule has 2 aliphatic carbocycles. The van der Waals surface area contributed by atoms with E-state index in [1.165, 1.54) is 13.0 Å². The predicted octanol–water partition coefficient (Wildman–Crippen LogP) is 2.79. The molecule has 0 spiro atoms. The lowest BCUT2D eigenvalue weighted by Gasteiger charge is -2.29. The third-order valence-electron chi connectivity index (χ3n) is 5.85. The molecule has 158 valence electrons. The third kappa shape index (κ3) is 3.41. The molecule has 0 radical (unpaired) electrons. The summed E-state index contributed by atoms with van der Waals surface area (Å²) >= 11 is 3.98. The van der Waals surface area contributed by atoms with Crippen molar-refractivity contribution in [3.05, 3.63) is 37.0 Å². The van der Waals surface area contributed by atoms with Crippen molar-refractivity contribution >= 4 is 69.1 Å². The lowest BCUT2D eigenvalue weighted by Crippen LogP contribution is -2.43. The molecule has 0 aromatic heterocycles. The van der Waals surface area contributed by atoms with Gasteiger partial charge in [0, 0.05) is 21.0 Å². The number of benzene rings is 1. The smallest absolute Gasteiger partial charge is 0.342 e. The van der Waals surface area contributed by atoms with Crippen LogP contribution in [-0.4, -0.2) is 41.2 Å². The van der Waals surface area contributed by atoms with Crippen molar-refractivity contribution in [1.82, 2.24) is 0 Å². The Morgan fingerprint density at radius 1 is 1.23 bits per heavy atom. The van der Waals surface area contributed by atoms with Gasteiger partial charge in [0.05, 0.1) is 15.4 Å². The van der Waals surface area contributed by atoms with Gasteiger partial charge in [-0.2, -0.15) is 0 Å². The van der Waals surface area contributed by atoms with Gasteiger partial charge in [0.25, 0.3) is 0 Å². The lowest BCUT2D eigenvalue weighted by molar-refractivity contribution is -0.151. The van der Waals surface area contributed by atoms with Crippen LogP contribution in [0.25, 0.3) is 0 Å².